The van der Waals surface area contributed by atoms with Gasteiger partial charge in [0.15, 0.2) is 5.84 Å². The Balaban J connectivity index is 2.69. The summed E-state index contributed by atoms with van der Waals surface area (Å²) in [6, 6.07) is 7.41. The number of oxime groups is 1. The van der Waals surface area contributed by atoms with E-state index in [1.165, 1.54) is 0 Å². The zero-order valence-electron chi connectivity index (χ0n) is 12.0. The van der Waals surface area contributed by atoms with Crippen LogP contribution in [0.1, 0.15) is 19.4 Å². The monoisotopic (exact) mass is 279 g/mol. The van der Waals surface area contributed by atoms with Gasteiger partial charge in [0.2, 0.25) is 5.91 Å². The van der Waals surface area contributed by atoms with Crippen LogP contribution < -0.4 is 15.8 Å². The summed E-state index contributed by atoms with van der Waals surface area (Å²) < 4.78 is 5.12. The summed E-state index contributed by atoms with van der Waals surface area (Å²) in [5.74, 6) is -0.323. The normalized spacial score (nSPS) is 13.1. The Labute approximate surface area is 118 Å². The molecule has 0 heterocycles. The van der Waals surface area contributed by atoms with E-state index in [9.17, 15) is 4.79 Å². The number of nitrogens with two attached hydrogens (primary N) is 1. The van der Waals surface area contributed by atoms with E-state index in [4.69, 9.17) is 15.7 Å². The van der Waals surface area contributed by atoms with Crippen LogP contribution >= 0.6 is 0 Å². The van der Waals surface area contributed by atoms with E-state index in [-0.39, 0.29) is 17.7 Å². The molecule has 1 atom stereocenters. The number of benzene rings is 1. The number of amides is 1. The van der Waals surface area contributed by atoms with Crippen LogP contribution in [-0.2, 0) is 11.3 Å². The Hall–Kier alpha value is -2.24. The molecule has 0 fully saturated rings. The van der Waals surface area contributed by atoms with Crippen LogP contribution in [0.2, 0.25) is 0 Å². The summed E-state index contributed by atoms with van der Waals surface area (Å²) in [6.45, 7) is 4.04. The van der Waals surface area contributed by atoms with Gasteiger partial charge in [0.25, 0.3) is 0 Å². The highest BCUT2D eigenvalue weighted by atomic mass is 16.5. The number of amidine groups is 1. The zero-order valence-corrected chi connectivity index (χ0v) is 12.0. The van der Waals surface area contributed by atoms with Crippen molar-refractivity contribution in [1.29, 1.82) is 0 Å². The van der Waals surface area contributed by atoms with E-state index >= 15 is 0 Å². The van der Waals surface area contributed by atoms with E-state index in [0.29, 0.717) is 6.54 Å². The van der Waals surface area contributed by atoms with Gasteiger partial charge in [-0.15, -0.1) is 0 Å². The maximum absolute atomic E-state index is 12.1. The van der Waals surface area contributed by atoms with Gasteiger partial charge in [0.1, 0.15) is 11.7 Å². The molecule has 0 bridgehead atoms. The molecular weight excluding hydrogens is 258 g/mol. The van der Waals surface area contributed by atoms with E-state index < -0.39 is 5.92 Å². The lowest BCUT2D eigenvalue weighted by Crippen LogP contribution is -2.41. The molecule has 1 aromatic rings. The van der Waals surface area contributed by atoms with Crippen molar-refractivity contribution in [1.82, 2.24) is 5.32 Å². The van der Waals surface area contributed by atoms with Crippen LogP contribution in [0.3, 0.4) is 0 Å². The molecule has 0 saturated carbocycles. The smallest absolute Gasteiger partial charge is 0.231 e. The first kappa shape index (κ1) is 15.8. The van der Waals surface area contributed by atoms with Gasteiger partial charge in [0, 0.05) is 6.54 Å². The molecule has 0 spiro atoms. The number of hydrogen-bond acceptors (Lipinski definition) is 4. The van der Waals surface area contributed by atoms with Gasteiger partial charge in [-0.1, -0.05) is 31.1 Å². The fourth-order valence-electron chi connectivity index (χ4n) is 1.92. The van der Waals surface area contributed by atoms with Gasteiger partial charge in [-0.2, -0.15) is 0 Å². The van der Waals surface area contributed by atoms with Crippen LogP contribution in [0.25, 0.3) is 0 Å². The third-order valence-electron chi connectivity index (χ3n) is 2.98. The molecule has 1 rings (SSSR count). The predicted octanol–water partition coefficient (Wildman–Crippen LogP) is 1.33. The summed E-state index contributed by atoms with van der Waals surface area (Å²) in [4.78, 5) is 12.1. The van der Waals surface area contributed by atoms with Crippen LogP contribution in [0.5, 0.6) is 5.75 Å². The lowest BCUT2D eigenvalue weighted by molar-refractivity contribution is -0.124. The fraction of sp³-hybridized carbons (Fsp3) is 0.429. The topological polar surface area (TPSA) is 96.9 Å². The van der Waals surface area contributed by atoms with E-state index in [1.54, 1.807) is 7.11 Å². The largest absolute Gasteiger partial charge is 0.497 e. The van der Waals surface area contributed by atoms with Gasteiger partial charge in [-0.3, -0.25) is 4.79 Å². The molecule has 0 aliphatic heterocycles. The molecule has 0 aromatic heterocycles. The third-order valence-corrected chi connectivity index (χ3v) is 2.98. The minimum Gasteiger partial charge on any atom is -0.497 e. The van der Waals surface area contributed by atoms with Crippen molar-refractivity contribution >= 4 is 11.7 Å². The molecule has 110 valence electrons. The average molecular weight is 279 g/mol. The third kappa shape index (κ3) is 4.15. The van der Waals surface area contributed by atoms with Gasteiger partial charge in [-0.25, -0.2) is 0 Å². The molecule has 1 aromatic carbocycles. The maximum Gasteiger partial charge on any atom is 0.231 e. The number of carbonyl (C=O) groups excluding carboxylic acids is 1. The van der Waals surface area contributed by atoms with Gasteiger partial charge < -0.3 is 21.0 Å². The molecule has 0 aliphatic rings. The molecule has 20 heavy (non-hydrogen) atoms. The first-order valence-electron chi connectivity index (χ1n) is 6.37. The fourth-order valence-corrected chi connectivity index (χ4v) is 1.92. The molecule has 0 aliphatic carbocycles. The highest BCUT2D eigenvalue weighted by Gasteiger charge is 2.26. The summed E-state index contributed by atoms with van der Waals surface area (Å²) in [6.07, 6.45) is 0. The summed E-state index contributed by atoms with van der Waals surface area (Å²) in [7, 11) is 1.59. The first-order valence-corrected chi connectivity index (χ1v) is 6.37. The second kappa shape index (κ2) is 7.37. The Morgan fingerprint density at radius 2 is 2.20 bits per heavy atom. The summed E-state index contributed by atoms with van der Waals surface area (Å²) in [5.41, 5.74) is 6.47. The Morgan fingerprint density at radius 3 is 2.75 bits per heavy atom. The van der Waals surface area contributed by atoms with E-state index in [2.05, 4.69) is 10.5 Å². The van der Waals surface area contributed by atoms with Gasteiger partial charge in [0.05, 0.1) is 7.11 Å². The average Bonchev–Trinajstić information content (AvgIpc) is 2.44. The number of hydrogen-bond donors (Lipinski definition) is 3. The minimum atomic E-state index is -0.648. The van der Waals surface area contributed by atoms with Crippen LogP contribution in [-0.4, -0.2) is 24.1 Å². The lowest BCUT2D eigenvalue weighted by atomic mass is 9.94. The second-order valence-electron chi connectivity index (χ2n) is 4.82. The number of carbonyl (C=O) groups is 1. The maximum atomic E-state index is 12.1. The van der Waals surface area contributed by atoms with Crippen molar-refractivity contribution < 1.29 is 14.7 Å². The Morgan fingerprint density at radius 1 is 1.50 bits per heavy atom. The predicted molar refractivity (Wildman–Crippen MR) is 76.6 cm³/mol. The quantitative estimate of drug-likeness (QED) is 0.317. The molecule has 0 saturated heterocycles. The van der Waals surface area contributed by atoms with Crippen molar-refractivity contribution in [2.24, 2.45) is 22.7 Å². The highest BCUT2D eigenvalue weighted by molar-refractivity contribution is 6.02. The lowest BCUT2D eigenvalue weighted by Gasteiger charge is -2.18. The van der Waals surface area contributed by atoms with Gasteiger partial charge >= 0.3 is 0 Å². The molecule has 1 amide bonds. The zero-order chi connectivity index (χ0) is 15.1. The van der Waals surface area contributed by atoms with Gasteiger partial charge in [-0.05, 0) is 23.6 Å². The molecule has 6 nitrogen and oxygen atoms in total. The Kier molecular flexibility index (Phi) is 5.83. The standard InChI is InChI=1S/C14H21N3O3/c1-9(2)12(13(15)17-19)14(18)16-8-10-5-4-6-11(7-10)20-3/h4-7,9,12,19H,8H2,1-3H3,(H2,15,17)(H,16,18). The van der Waals surface area contributed by atoms with Crippen molar-refractivity contribution in [3.05, 3.63) is 29.8 Å². The van der Waals surface area contributed by atoms with Crippen LogP contribution in [0, 0.1) is 11.8 Å². The Bertz CT molecular complexity index is 486. The first-order chi connectivity index (χ1) is 9.49. The van der Waals surface area contributed by atoms with Crippen molar-refractivity contribution in [2.75, 3.05) is 7.11 Å². The highest BCUT2D eigenvalue weighted by Crippen LogP contribution is 2.14. The molecule has 4 N–H and O–H groups in total. The van der Waals surface area contributed by atoms with Crippen molar-refractivity contribution in [2.45, 2.75) is 20.4 Å². The van der Waals surface area contributed by atoms with Crippen molar-refractivity contribution in [3.8, 4) is 5.75 Å². The SMILES string of the molecule is COc1cccc(CNC(=O)C(C(N)=NO)C(C)C)c1. The second-order valence-corrected chi connectivity index (χ2v) is 4.82. The van der Waals surface area contributed by atoms with Crippen molar-refractivity contribution in [3.63, 3.8) is 0 Å². The number of rotatable bonds is 6. The number of methoxy groups -OCH3 is 1. The molecule has 0 radical (unpaired) electrons. The van der Waals surface area contributed by atoms with Crippen LogP contribution in [0.4, 0.5) is 0 Å². The number of nitrogens with zero attached hydrogens (tertiary/aromatic N) is 1. The van der Waals surface area contributed by atoms with E-state index in [0.717, 1.165) is 11.3 Å². The number of nitrogens with one attached hydrogen (secondary N) is 1. The van der Waals surface area contributed by atoms with E-state index in [1.807, 2.05) is 38.1 Å². The summed E-state index contributed by atoms with van der Waals surface area (Å²) in [5, 5.41) is 14.4. The van der Waals surface area contributed by atoms with Crippen LogP contribution in [0.15, 0.2) is 29.4 Å². The molecule has 6 heteroatoms. The molecular formula is C14H21N3O3. The summed E-state index contributed by atoms with van der Waals surface area (Å²) >= 11 is 0. The molecule has 1 unspecified atom stereocenters. The minimum absolute atomic E-state index is 0.0591. The number of ether oxygens (including phenoxy) is 1.